The molecule has 0 aromatic carbocycles. The number of carbonyl (C=O) groups is 1. The molecule has 1 saturated heterocycles. The van der Waals surface area contributed by atoms with E-state index >= 15 is 0 Å². The Morgan fingerprint density at radius 3 is 2.63 bits per heavy atom. The lowest BCUT2D eigenvalue weighted by Crippen LogP contribution is -2.47. The van der Waals surface area contributed by atoms with Crippen LogP contribution in [0, 0.1) is 5.41 Å². The number of hydrogen-bond donors (Lipinski definition) is 3. The molecule has 10 nitrogen and oxygen atoms in total. The number of carbonyl (C=O) groups excluding carboxylic acids is 1. The fourth-order valence-electron chi connectivity index (χ4n) is 3.76. The van der Waals surface area contributed by atoms with Crippen LogP contribution in [0.1, 0.15) is 33.1 Å². The van der Waals surface area contributed by atoms with Crippen molar-refractivity contribution in [1.29, 1.82) is 0 Å². The zero-order chi connectivity index (χ0) is 18.7. The van der Waals surface area contributed by atoms with Crippen LogP contribution in [0.3, 0.4) is 0 Å². The molecule has 1 saturated carbocycles. The number of rotatable bonds is 3. The van der Waals surface area contributed by atoms with Crippen molar-refractivity contribution in [1.82, 2.24) is 14.7 Å². The number of nitrogens with two attached hydrogens (primary N) is 1. The Balaban J connectivity index is 0.00000210. The molecule has 1 aromatic heterocycles. The van der Waals surface area contributed by atoms with Crippen LogP contribution in [-0.2, 0) is 15.0 Å². The van der Waals surface area contributed by atoms with E-state index < -0.39 is 15.8 Å². The highest BCUT2D eigenvalue weighted by molar-refractivity contribution is 7.87. The molecule has 0 radical (unpaired) electrons. The molecule has 4 rings (SSSR count). The lowest BCUT2D eigenvalue weighted by Gasteiger charge is -2.37. The van der Waals surface area contributed by atoms with Gasteiger partial charge in [-0.05, 0) is 38.5 Å². The van der Waals surface area contributed by atoms with E-state index in [1.807, 2.05) is 0 Å². The summed E-state index contributed by atoms with van der Waals surface area (Å²) in [6.45, 7) is 4.82. The fraction of sp³-hybridized carbons (Fsp3) is 0.667. The summed E-state index contributed by atoms with van der Waals surface area (Å²) in [6.07, 6.45) is 3.87. The predicted octanol–water partition coefficient (Wildman–Crippen LogP) is 0.160. The first-order chi connectivity index (χ1) is 12.1. The lowest BCUT2D eigenvalue weighted by atomic mass is 9.92. The van der Waals surface area contributed by atoms with Crippen molar-refractivity contribution in [3.05, 3.63) is 6.33 Å². The molecule has 1 spiro atoms. The number of nitrogens with one attached hydrogen (secondary N) is 2. The molecule has 2 aliphatic heterocycles. The van der Waals surface area contributed by atoms with Crippen molar-refractivity contribution in [2.75, 3.05) is 23.3 Å². The normalized spacial score (nSPS) is 25.1. The second-order valence-corrected chi connectivity index (χ2v) is 9.04. The Morgan fingerprint density at radius 1 is 1.33 bits per heavy atom. The number of piperidine rings is 1. The van der Waals surface area contributed by atoms with E-state index in [9.17, 15) is 13.2 Å². The van der Waals surface area contributed by atoms with Gasteiger partial charge in [-0.25, -0.2) is 15.1 Å². The third-order valence-corrected chi connectivity index (χ3v) is 6.09. The van der Waals surface area contributed by atoms with Crippen LogP contribution in [0.4, 0.5) is 11.6 Å². The number of anilines is 2. The molecule has 1 amide bonds. The number of ether oxygens (including phenoxy) is 1. The Morgan fingerprint density at radius 2 is 2.00 bits per heavy atom. The molecule has 1 unspecified atom stereocenters. The van der Waals surface area contributed by atoms with Crippen molar-refractivity contribution in [3.63, 3.8) is 0 Å². The van der Waals surface area contributed by atoms with E-state index in [4.69, 9.17) is 9.88 Å². The van der Waals surface area contributed by atoms with Gasteiger partial charge in [0, 0.05) is 19.1 Å². The summed E-state index contributed by atoms with van der Waals surface area (Å²) >= 11 is 0. The minimum atomic E-state index is -3.68. The lowest BCUT2D eigenvalue weighted by molar-refractivity contribution is -0.129. The maximum absolute atomic E-state index is 12.0. The van der Waals surface area contributed by atoms with Gasteiger partial charge in [-0.1, -0.05) is 0 Å². The van der Waals surface area contributed by atoms with Gasteiger partial charge in [0.25, 0.3) is 16.1 Å². The summed E-state index contributed by atoms with van der Waals surface area (Å²) in [5.41, 5.74) is -1.02. The molecule has 2 fully saturated rings. The maximum atomic E-state index is 12.0. The smallest absolute Gasteiger partial charge is 0.274 e. The summed E-state index contributed by atoms with van der Waals surface area (Å²) in [7, 11) is -3.68. The average molecular weight is 419 g/mol. The van der Waals surface area contributed by atoms with Gasteiger partial charge in [0.1, 0.15) is 6.33 Å². The first-order valence-electron chi connectivity index (χ1n) is 8.50. The summed E-state index contributed by atoms with van der Waals surface area (Å²) in [6, 6.07) is -0.0894. The SMILES string of the molecule is CC1(C)Oc2c(ncnc2N2CCC3(CC2)CC3NS(N)(=O)=O)NC1=O.Cl. The van der Waals surface area contributed by atoms with Gasteiger partial charge in [-0.2, -0.15) is 13.1 Å². The van der Waals surface area contributed by atoms with E-state index in [-0.39, 0.29) is 29.8 Å². The summed E-state index contributed by atoms with van der Waals surface area (Å²) < 4.78 is 30.9. The number of nitrogens with zero attached hydrogens (tertiary/aromatic N) is 3. The van der Waals surface area contributed by atoms with Gasteiger partial charge >= 0.3 is 0 Å². The number of fused-ring (bicyclic) bond motifs is 1. The van der Waals surface area contributed by atoms with Crippen LogP contribution in [-0.4, -0.2) is 49.0 Å². The summed E-state index contributed by atoms with van der Waals surface area (Å²) in [5, 5.41) is 7.84. The van der Waals surface area contributed by atoms with Crippen LogP contribution >= 0.6 is 12.4 Å². The minimum Gasteiger partial charge on any atom is -0.470 e. The molecule has 3 aliphatic rings. The Labute approximate surface area is 163 Å². The molecule has 4 N–H and O–H groups in total. The van der Waals surface area contributed by atoms with Crippen molar-refractivity contribution in [2.45, 2.75) is 44.8 Å². The molecule has 1 aliphatic carbocycles. The van der Waals surface area contributed by atoms with Gasteiger partial charge in [0.05, 0.1) is 0 Å². The Kier molecular flexibility index (Phi) is 4.78. The monoisotopic (exact) mass is 418 g/mol. The third-order valence-electron chi connectivity index (χ3n) is 5.48. The Hall–Kier alpha value is -1.69. The first kappa shape index (κ1) is 20.1. The van der Waals surface area contributed by atoms with Gasteiger partial charge in [0.2, 0.25) is 5.75 Å². The topological polar surface area (TPSA) is 140 Å². The first-order valence-corrected chi connectivity index (χ1v) is 10.0. The second kappa shape index (κ2) is 6.43. The summed E-state index contributed by atoms with van der Waals surface area (Å²) in [4.78, 5) is 22.6. The molecular weight excluding hydrogens is 396 g/mol. The largest absolute Gasteiger partial charge is 0.470 e. The molecule has 3 heterocycles. The molecule has 1 atom stereocenters. The van der Waals surface area contributed by atoms with Gasteiger partial charge < -0.3 is 15.0 Å². The van der Waals surface area contributed by atoms with Gasteiger partial charge in [-0.15, -0.1) is 12.4 Å². The highest BCUT2D eigenvalue weighted by atomic mass is 35.5. The van der Waals surface area contributed by atoms with Gasteiger partial charge in [0.15, 0.2) is 17.2 Å². The molecular formula is C15H23ClN6O4S. The van der Waals surface area contributed by atoms with E-state index in [0.717, 1.165) is 19.3 Å². The van der Waals surface area contributed by atoms with E-state index in [0.29, 0.717) is 30.5 Å². The number of halogens is 1. The highest BCUT2D eigenvalue weighted by Crippen LogP contribution is 2.55. The van der Waals surface area contributed by atoms with E-state index in [2.05, 4.69) is 24.9 Å². The third kappa shape index (κ3) is 3.68. The highest BCUT2D eigenvalue weighted by Gasteiger charge is 2.56. The van der Waals surface area contributed by atoms with Crippen LogP contribution in [0.15, 0.2) is 6.33 Å². The van der Waals surface area contributed by atoms with Crippen LogP contribution in [0.5, 0.6) is 5.75 Å². The zero-order valence-electron chi connectivity index (χ0n) is 15.1. The number of aromatic nitrogens is 2. The van der Waals surface area contributed by atoms with Crippen LogP contribution < -0.4 is 24.8 Å². The van der Waals surface area contributed by atoms with Crippen molar-refractivity contribution in [2.24, 2.45) is 10.6 Å². The minimum absolute atomic E-state index is 0. The Bertz CT molecular complexity index is 869. The van der Waals surface area contributed by atoms with Crippen molar-refractivity contribution >= 4 is 40.2 Å². The van der Waals surface area contributed by atoms with Crippen LogP contribution in [0.2, 0.25) is 0 Å². The zero-order valence-corrected chi connectivity index (χ0v) is 16.7. The molecule has 27 heavy (non-hydrogen) atoms. The fourth-order valence-corrected chi connectivity index (χ4v) is 4.49. The molecule has 150 valence electrons. The van der Waals surface area contributed by atoms with E-state index in [1.165, 1.54) is 6.33 Å². The molecule has 12 heteroatoms. The molecule has 1 aromatic rings. The van der Waals surface area contributed by atoms with Gasteiger partial charge in [-0.3, -0.25) is 4.79 Å². The van der Waals surface area contributed by atoms with Crippen LogP contribution in [0.25, 0.3) is 0 Å². The summed E-state index contributed by atoms with van der Waals surface area (Å²) in [5.74, 6) is 1.25. The van der Waals surface area contributed by atoms with E-state index in [1.54, 1.807) is 13.8 Å². The maximum Gasteiger partial charge on any atom is 0.274 e. The predicted molar refractivity (Wildman–Crippen MR) is 101 cm³/mol. The van der Waals surface area contributed by atoms with Crippen molar-refractivity contribution in [3.8, 4) is 5.75 Å². The number of hydrogen-bond acceptors (Lipinski definition) is 7. The number of amides is 1. The quantitative estimate of drug-likeness (QED) is 0.635. The second-order valence-electron chi connectivity index (χ2n) is 7.71. The standard InChI is InChI=1S/C15H22N6O4S.ClH/c1-14(2)13(22)19-11-10(25-14)12(18-8-17-11)21-5-3-15(4-6-21)7-9(15)20-26(16,23)24;/h8-9,20H,3-7H2,1-2H3,(H2,16,23,24)(H,17,18,19,22);1H. The molecule has 0 bridgehead atoms. The average Bonchev–Trinajstić information content (AvgIpc) is 3.18. The van der Waals surface area contributed by atoms with Crippen molar-refractivity contribution < 1.29 is 17.9 Å².